The zero-order valence-corrected chi connectivity index (χ0v) is 20.5. The zero-order chi connectivity index (χ0) is 24.3. The third-order valence-electron chi connectivity index (χ3n) is 5.55. The minimum absolute atomic E-state index is 0.0830. The zero-order valence-electron chi connectivity index (χ0n) is 18.9. The second-order valence-electron chi connectivity index (χ2n) is 8.08. The fourth-order valence-electron chi connectivity index (χ4n) is 3.76. The van der Waals surface area contributed by atoms with Gasteiger partial charge < -0.3 is 9.64 Å². The van der Waals surface area contributed by atoms with Crippen molar-refractivity contribution in [3.8, 4) is 11.4 Å². The van der Waals surface area contributed by atoms with Crippen molar-refractivity contribution in [2.24, 2.45) is 0 Å². The Morgan fingerprint density at radius 3 is 2.35 bits per heavy atom. The molecule has 3 aromatic rings. The minimum atomic E-state index is -3.32. The summed E-state index contributed by atoms with van der Waals surface area (Å²) in [7, 11) is -3.32. The normalized spacial score (nSPS) is 15.1. The number of nitrogens with zero attached hydrogens (tertiary/aromatic N) is 4. The highest BCUT2D eigenvalue weighted by Gasteiger charge is 2.23. The number of anilines is 1. The van der Waals surface area contributed by atoms with Crippen LogP contribution in [0.1, 0.15) is 25.3 Å². The second-order valence-corrected chi connectivity index (χ2v) is 10.5. The van der Waals surface area contributed by atoms with Gasteiger partial charge in [0.25, 0.3) is 5.56 Å². The van der Waals surface area contributed by atoms with Crippen molar-refractivity contribution in [1.82, 2.24) is 14.5 Å². The Kier molecular flexibility index (Phi) is 7.04. The summed E-state index contributed by atoms with van der Waals surface area (Å²) in [5, 5.41) is 0.303. The van der Waals surface area contributed by atoms with E-state index in [-0.39, 0.29) is 16.6 Å². The van der Waals surface area contributed by atoms with Gasteiger partial charge >= 0.3 is 0 Å². The largest absolute Gasteiger partial charge is 0.488 e. The molecule has 0 bridgehead atoms. The number of ether oxygens (including phenoxy) is 1. The summed E-state index contributed by atoms with van der Waals surface area (Å²) in [4.78, 5) is 23.9. The van der Waals surface area contributed by atoms with Crippen LogP contribution in [0.25, 0.3) is 11.8 Å². The highest BCUT2D eigenvalue weighted by atomic mass is 35.5. The molecule has 1 aromatic carbocycles. The lowest BCUT2D eigenvalue weighted by Gasteiger charge is -2.32. The van der Waals surface area contributed by atoms with Gasteiger partial charge in [0, 0.05) is 68.1 Å². The van der Waals surface area contributed by atoms with E-state index in [9.17, 15) is 13.2 Å². The molecule has 0 saturated carbocycles. The van der Waals surface area contributed by atoms with Crippen molar-refractivity contribution < 1.29 is 13.2 Å². The number of pyridine rings is 1. The first kappa shape index (κ1) is 24.0. The number of hydrogen-bond acceptors (Lipinski definition) is 7. The van der Waals surface area contributed by atoms with Crippen LogP contribution < -0.4 is 15.2 Å². The minimum Gasteiger partial charge on any atom is -0.488 e. The molecule has 178 valence electrons. The molecule has 4 rings (SSSR count). The molecule has 0 spiro atoms. The molecule has 10 heteroatoms. The summed E-state index contributed by atoms with van der Waals surface area (Å²) in [5.41, 5.74) is 1.15. The SMILES string of the molecule is C/C=C\c1cnc(N2CCC(Oc3cc(=O)n(-c4ccc(S(C)(=O)=O)cc4)cc3Cl)CC2)nc1. The van der Waals surface area contributed by atoms with E-state index < -0.39 is 9.84 Å². The van der Waals surface area contributed by atoms with Gasteiger partial charge in [-0.15, -0.1) is 0 Å². The van der Waals surface area contributed by atoms with Crippen molar-refractivity contribution in [2.75, 3.05) is 24.2 Å². The first-order valence-corrected chi connectivity index (χ1v) is 13.1. The molecular formula is C24H25ClN4O4S. The number of rotatable bonds is 6. The number of allylic oxidation sites excluding steroid dienone is 1. The molecule has 0 atom stereocenters. The Labute approximate surface area is 203 Å². The van der Waals surface area contributed by atoms with Gasteiger partial charge in [-0.3, -0.25) is 9.36 Å². The van der Waals surface area contributed by atoms with Crippen molar-refractivity contribution in [3.05, 3.63) is 75.9 Å². The van der Waals surface area contributed by atoms with Crippen LogP contribution >= 0.6 is 11.6 Å². The summed E-state index contributed by atoms with van der Waals surface area (Å²) in [5.74, 6) is 1.02. The predicted molar refractivity (Wildman–Crippen MR) is 133 cm³/mol. The van der Waals surface area contributed by atoms with Gasteiger partial charge in [-0.2, -0.15) is 0 Å². The van der Waals surface area contributed by atoms with Gasteiger partial charge in [0.05, 0.1) is 9.92 Å². The Morgan fingerprint density at radius 1 is 1.12 bits per heavy atom. The Balaban J connectivity index is 1.42. The van der Waals surface area contributed by atoms with Crippen LogP contribution in [0.5, 0.6) is 5.75 Å². The maximum atomic E-state index is 12.7. The fourth-order valence-corrected chi connectivity index (χ4v) is 4.59. The van der Waals surface area contributed by atoms with Gasteiger partial charge in [0.2, 0.25) is 5.95 Å². The molecule has 0 amide bonds. The molecule has 1 fully saturated rings. The van der Waals surface area contributed by atoms with E-state index in [1.165, 1.54) is 29.0 Å². The van der Waals surface area contributed by atoms with E-state index in [2.05, 4.69) is 14.9 Å². The van der Waals surface area contributed by atoms with E-state index >= 15 is 0 Å². The first-order valence-electron chi connectivity index (χ1n) is 10.8. The number of benzene rings is 1. The van der Waals surface area contributed by atoms with Crippen LogP contribution in [-0.4, -0.2) is 48.4 Å². The summed E-state index contributed by atoms with van der Waals surface area (Å²) < 4.78 is 30.7. The molecule has 3 heterocycles. The highest BCUT2D eigenvalue weighted by molar-refractivity contribution is 7.90. The molecule has 0 aliphatic carbocycles. The fraction of sp³-hybridized carbons (Fsp3) is 0.292. The Bertz CT molecular complexity index is 1350. The quantitative estimate of drug-likeness (QED) is 0.508. The van der Waals surface area contributed by atoms with E-state index in [0.29, 0.717) is 22.4 Å². The number of hydrogen-bond donors (Lipinski definition) is 0. The molecule has 1 aliphatic rings. The van der Waals surface area contributed by atoms with Crippen LogP contribution in [0.15, 0.2) is 64.7 Å². The van der Waals surface area contributed by atoms with Crippen LogP contribution in [0.4, 0.5) is 5.95 Å². The van der Waals surface area contributed by atoms with Crippen molar-refractivity contribution in [3.63, 3.8) is 0 Å². The van der Waals surface area contributed by atoms with E-state index in [0.717, 1.165) is 37.8 Å². The Morgan fingerprint density at radius 2 is 1.76 bits per heavy atom. The van der Waals surface area contributed by atoms with Crippen molar-refractivity contribution in [1.29, 1.82) is 0 Å². The molecule has 2 aromatic heterocycles. The number of piperidine rings is 1. The topological polar surface area (TPSA) is 94.4 Å². The number of aromatic nitrogens is 3. The smallest absolute Gasteiger partial charge is 0.258 e. The molecule has 0 unspecified atom stereocenters. The lowest BCUT2D eigenvalue weighted by atomic mass is 10.1. The summed E-state index contributed by atoms with van der Waals surface area (Å²) in [6.45, 7) is 3.41. The van der Waals surface area contributed by atoms with Gasteiger partial charge in [-0.1, -0.05) is 23.8 Å². The maximum absolute atomic E-state index is 12.7. The van der Waals surface area contributed by atoms with Gasteiger partial charge in [0.15, 0.2) is 9.84 Å². The van der Waals surface area contributed by atoms with Crippen LogP contribution in [0.3, 0.4) is 0 Å². The molecule has 1 saturated heterocycles. The molecule has 8 nitrogen and oxygen atoms in total. The second kappa shape index (κ2) is 9.99. The molecule has 0 radical (unpaired) electrons. The van der Waals surface area contributed by atoms with Crippen LogP contribution in [0.2, 0.25) is 5.02 Å². The average molecular weight is 501 g/mol. The number of halogens is 1. The summed E-state index contributed by atoms with van der Waals surface area (Å²) in [6, 6.07) is 7.42. The predicted octanol–water partition coefficient (Wildman–Crippen LogP) is 3.77. The van der Waals surface area contributed by atoms with Gasteiger partial charge in [-0.05, 0) is 31.2 Å². The van der Waals surface area contributed by atoms with Gasteiger partial charge in [-0.25, -0.2) is 18.4 Å². The highest BCUT2D eigenvalue weighted by Crippen LogP contribution is 2.27. The van der Waals surface area contributed by atoms with E-state index in [1.54, 1.807) is 24.5 Å². The maximum Gasteiger partial charge on any atom is 0.258 e. The van der Waals surface area contributed by atoms with Crippen LogP contribution in [0, 0.1) is 0 Å². The van der Waals surface area contributed by atoms with Gasteiger partial charge in [0.1, 0.15) is 11.9 Å². The monoisotopic (exact) mass is 500 g/mol. The lowest BCUT2D eigenvalue weighted by molar-refractivity contribution is 0.170. The third-order valence-corrected chi connectivity index (χ3v) is 6.96. The lowest BCUT2D eigenvalue weighted by Crippen LogP contribution is -2.39. The molecule has 0 N–H and O–H groups in total. The standard InChI is InChI=1S/C24H25ClN4O4S/c1-3-4-17-14-26-24(27-15-17)28-11-9-19(10-12-28)33-22-13-23(30)29(16-21(22)25)18-5-7-20(8-6-18)34(2,31)32/h3-8,13-16,19H,9-12H2,1-2H3/b4-3-. The van der Waals surface area contributed by atoms with E-state index in [4.69, 9.17) is 16.3 Å². The first-order chi connectivity index (χ1) is 16.2. The van der Waals surface area contributed by atoms with Crippen molar-refractivity contribution >= 4 is 33.5 Å². The van der Waals surface area contributed by atoms with Crippen LogP contribution in [-0.2, 0) is 9.84 Å². The summed E-state index contributed by atoms with van der Waals surface area (Å²) in [6.07, 6.45) is 11.5. The van der Waals surface area contributed by atoms with E-state index in [1.807, 2.05) is 19.1 Å². The molecule has 34 heavy (non-hydrogen) atoms. The van der Waals surface area contributed by atoms with Crippen molar-refractivity contribution in [2.45, 2.75) is 30.8 Å². The summed E-state index contributed by atoms with van der Waals surface area (Å²) >= 11 is 6.42. The number of sulfone groups is 1. The molecule has 1 aliphatic heterocycles. The molecular weight excluding hydrogens is 476 g/mol. The third kappa shape index (κ3) is 5.48. The Hall–Kier alpha value is -3.17. The average Bonchev–Trinajstić information content (AvgIpc) is 2.82.